The summed E-state index contributed by atoms with van der Waals surface area (Å²) in [5.41, 5.74) is 0. The molecule has 8 heteroatoms. The van der Waals surface area contributed by atoms with Crippen LogP contribution in [0.3, 0.4) is 0 Å². The molecule has 0 radical (unpaired) electrons. The third-order valence-corrected chi connectivity index (χ3v) is 2.05. The summed E-state index contributed by atoms with van der Waals surface area (Å²) in [6.45, 7) is 0.0370. The van der Waals surface area contributed by atoms with Crippen molar-refractivity contribution >= 4 is 12.0 Å². The number of hydrogen-bond acceptors (Lipinski definition) is 2. The maximum Gasteiger partial charge on any atom is 0.471 e. The number of carboxylic acid groups (broad SMARTS) is 1. The number of alkyl halides is 3. The molecule has 0 aromatic heterocycles. The quantitative estimate of drug-likeness (QED) is 0.680. The van der Waals surface area contributed by atoms with Gasteiger partial charge in [-0.15, -0.1) is 0 Å². The van der Waals surface area contributed by atoms with Gasteiger partial charge in [0.15, 0.2) is 0 Å². The highest BCUT2D eigenvalue weighted by molar-refractivity contribution is 5.82. The molecule has 86 valence electrons. The van der Waals surface area contributed by atoms with Crippen molar-refractivity contribution in [3.8, 4) is 0 Å². The second-order valence-corrected chi connectivity index (χ2v) is 3.19. The molecule has 0 aromatic rings. The van der Waals surface area contributed by atoms with Gasteiger partial charge in [-0.2, -0.15) is 13.2 Å². The molecule has 0 aromatic carbocycles. The van der Waals surface area contributed by atoms with Crippen LogP contribution in [0.4, 0.5) is 18.0 Å². The average Bonchev–Trinajstić information content (AvgIpc) is 2.50. The molecule has 1 aliphatic heterocycles. The van der Waals surface area contributed by atoms with E-state index < -0.39 is 24.2 Å². The Bertz CT molecular complexity index is 279. The summed E-state index contributed by atoms with van der Waals surface area (Å²) in [4.78, 5) is 21.9. The third kappa shape index (κ3) is 3.00. The van der Waals surface area contributed by atoms with Crippen molar-refractivity contribution in [2.45, 2.75) is 18.6 Å². The summed E-state index contributed by atoms with van der Waals surface area (Å²) in [6.07, 6.45) is -5.91. The minimum atomic E-state index is -4.92. The largest absolute Gasteiger partial charge is 0.471 e. The molecule has 0 aliphatic carbocycles. The number of nitrogens with one attached hydrogen (secondary N) is 1. The highest BCUT2D eigenvalue weighted by Gasteiger charge is 2.40. The maximum atomic E-state index is 11.8. The number of hydrogen-bond donors (Lipinski definition) is 2. The first-order valence-corrected chi connectivity index (χ1v) is 4.16. The average molecular weight is 226 g/mol. The second kappa shape index (κ2) is 3.95. The first-order valence-electron chi connectivity index (χ1n) is 4.16. The number of rotatable bonds is 1. The molecule has 1 aliphatic rings. The molecule has 5 nitrogen and oxygen atoms in total. The number of carbonyl (C=O) groups is 2. The van der Waals surface area contributed by atoms with Gasteiger partial charge in [0.2, 0.25) is 0 Å². The second-order valence-electron chi connectivity index (χ2n) is 3.19. The predicted molar refractivity (Wildman–Crippen MR) is 42.2 cm³/mol. The van der Waals surface area contributed by atoms with Crippen molar-refractivity contribution in [1.29, 1.82) is 0 Å². The first-order chi connectivity index (χ1) is 6.80. The topological polar surface area (TPSA) is 69.6 Å². The summed E-state index contributed by atoms with van der Waals surface area (Å²) >= 11 is 0. The van der Waals surface area contributed by atoms with Crippen molar-refractivity contribution in [2.75, 3.05) is 13.1 Å². The highest BCUT2D eigenvalue weighted by atomic mass is 19.4. The SMILES string of the molecule is O=C(O)N1CCC(NC(=O)C(F)(F)F)C1. The van der Waals surface area contributed by atoms with Gasteiger partial charge in [0, 0.05) is 19.1 Å². The van der Waals surface area contributed by atoms with Crippen molar-refractivity contribution < 1.29 is 27.9 Å². The van der Waals surface area contributed by atoms with Crippen molar-refractivity contribution in [3.05, 3.63) is 0 Å². The Labute approximate surface area is 82.8 Å². The van der Waals surface area contributed by atoms with Crippen molar-refractivity contribution in [1.82, 2.24) is 10.2 Å². The van der Waals surface area contributed by atoms with Crippen molar-refractivity contribution in [3.63, 3.8) is 0 Å². The molecule has 1 saturated heterocycles. The van der Waals surface area contributed by atoms with E-state index in [1.54, 1.807) is 5.32 Å². The standard InChI is InChI=1S/C7H9F3N2O3/c8-7(9,10)5(13)11-4-1-2-12(3-4)6(14)15/h4H,1-3H2,(H,11,13)(H,14,15). The van der Waals surface area contributed by atoms with Gasteiger partial charge in [0.25, 0.3) is 0 Å². The zero-order chi connectivity index (χ0) is 11.6. The molecule has 1 heterocycles. The van der Waals surface area contributed by atoms with Crippen LogP contribution < -0.4 is 5.32 Å². The normalized spacial score (nSPS) is 21.5. The van der Waals surface area contributed by atoms with Crippen LogP contribution in [0.5, 0.6) is 0 Å². The Hall–Kier alpha value is -1.47. The minimum Gasteiger partial charge on any atom is -0.465 e. The van der Waals surface area contributed by atoms with Gasteiger partial charge in [-0.25, -0.2) is 4.79 Å². The Balaban J connectivity index is 2.43. The van der Waals surface area contributed by atoms with E-state index in [1.165, 1.54) is 0 Å². The zero-order valence-corrected chi connectivity index (χ0v) is 7.54. The van der Waals surface area contributed by atoms with Gasteiger partial charge in [0.1, 0.15) is 0 Å². The molecular formula is C7H9F3N2O3. The summed E-state index contributed by atoms with van der Waals surface area (Å²) in [5, 5.41) is 10.3. The van der Waals surface area contributed by atoms with Gasteiger partial charge < -0.3 is 15.3 Å². The first kappa shape index (κ1) is 11.6. The molecule has 0 spiro atoms. The van der Waals surface area contributed by atoms with Crippen LogP contribution in [0.15, 0.2) is 0 Å². The number of likely N-dealkylation sites (tertiary alicyclic amines) is 1. The molecule has 1 rings (SSSR count). The number of halogens is 3. The highest BCUT2D eigenvalue weighted by Crippen LogP contribution is 2.16. The van der Waals surface area contributed by atoms with E-state index in [0.29, 0.717) is 0 Å². The van der Waals surface area contributed by atoms with Crippen LogP contribution >= 0.6 is 0 Å². The Morgan fingerprint density at radius 2 is 2.00 bits per heavy atom. The van der Waals surface area contributed by atoms with Gasteiger partial charge in [-0.05, 0) is 6.42 Å². The lowest BCUT2D eigenvalue weighted by molar-refractivity contribution is -0.174. The van der Waals surface area contributed by atoms with Gasteiger partial charge in [0.05, 0.1) is 0 Å². The number of carbonyl (C=O) groups excluding carboxylic acids is 1. The zero-order valence-electron chi connectivity index (χ0n) is 7.54. The number of amides is 2. The Morgan fingerprint density at radius 3 is 2.40 bits per heavy atom. The summed E-state index contributed by atoms with van der Waals surface area (Å²) in [5.74, 6) is -2.03. The third-order valence-electron chi connectivity index (χ3n) is 2.05. The van der Waals surface area contributed by atoms with Gasteiger partial charge >= 0.3 is 18.2 Å². The van der Waals surface area contributed by atoms with E-state index >= 15 is 0 Å². The molecule has 2 amide bonds. The lowest BCUT2D eigenvalue weighted by atomic mass is 10.2. The van der Waals surface area contributed by atoms with Crippen LogP contribution in [0, 0.1) is 0 Å². The van der Waals surface area contributed by atoms with Gasteiger partial charge in [-0.3, -0.25) is 4.79 Å². The van der Waals surface area contributed by atoms with Crippen LogP contribution in [0.2, 0.25) is 0 Å². The van der Waals surface area contributed by atoms with E-state index in [9.17, 15) is 22.8 Å². The summed E-state index contributed by atoms with van der Waals surface area (Å²) in [6, 6.07) is -0.754. The molecule has 0 saturated carbocycles. The lowest BCUT2D eigenvalue weighted by Gasteiger charge is -2.14. The lowest BCUT2D eigenvalue weighted by Crippen LogP contribution is -2.44. The molecule has 1 atom stereocenters. The molecule has 1 unspecified atom stereocenters. The van der Waals surface area contributed by atoms with Gasteiger partial charge in [-0.1, -0.05) is 0 Å². The minimum absolute atomic E-state index is 0.100. The molecule has 0 bridgehead atoms. The van der Waals surface area contributed by atoms with E-state index in [1.807, 2.05) is 0 Å². The van der Waals surface area contributed by atoms with Crippen LogP contribution in [0.25, 0.3) is 0 Å². The Morgan fingerprint density at radius 1 is 1.40 bits per heavy atom. The van der Waals surface area contributed by atoms with Crippen LogP contribution in [-0.2, 0) is 4.79 Å². The fourth-order valence-electron chi connectivity index (χ4n) is 1.32. The predicted octanol–water partition coefficient (Wildman–Crippen LogP) is 0.417. The summed E-state index contributed by atoms with van der Waals surface area (Å²) in [7, 11) is 0. The maximum absolute atomic E-state index is 11.8. The fourth-order valence-corrected chi connectivity index (χ4v) is 1.32. The summed E-state index contributed by atoms with van der Waals surface area (Å²) < 4.78 is 35.4. The smallest absolute Gasteiger partial charge is 0.465 e. The molecule has 15 heavy (non-hydrogen) atoms. The van der Waals surface area contributed by atoms with E-state index in [2.05, 4.69) is 0 Å². The fraction of sp³-hybridized carbons (Fsp3) is 0.714. The van der Waals surface area contributed by atoms with Crippen LogP contribution in [0.1, 0.15) is 6.42 Å². The van der Waals surface area contributed by atoms with E-state index in [0.717, 1.165) is 4.90 Å². The Kier molecular flexibility index (Phi) is 3.06. The molecular weight excluding hydrogens is 217 g/mol. The number of nitrogens with zero attached hydrogens (tertiary/aromatic N) is 1. The monoisotopic (exact) mass is 226 g/mol. The van der Waals surface area contributed by atoms with Crippen LogP contribution in [-0.4, -0.2) is 47.3 Å². The van der Waals surface area contributed by atoms with Crippen molar-refractivity contribution in [2.24, 2.45) is 0 Å². The van der Waals surface area contributed by atoms with E-state index in [-0.39, 0.29) is 19.5 Å². The molecule has 2 N–H and O–H groups in total. The molecule has 1 fully saturated rings. The van der Waals surface area contributed by atoms with E-state index in [4.69, 9.17) is 5.11 Å².